The van der Waals surface area contributed by atoms with E-state index in [1.54, 1.807) is 24.8 Å². The number of hydrogen-bond acceptors (Lipinski definition) is 8. The second kappa shape index (κ2) is 9.74. The largest absolute Gasteiger partial charge is 0.370 e. The van der Waals surface area contributed by atoms with Crippen LogP contribution in [0.5, 0.6) is 0 Å². The molecule has 4 aromatic rings. The van der Waals surface area contributed by atoms with Gasteiger partial charge in [-0.15, -0.1) is 0 Å². The highest BCUT2D eigenvalue weighted by molar-refractivity contribution is 5.61. The number of rotatable bonds is 8. The molecule has 6 rings (SSSR count). The molecule has 4 aromatic heterocycles. The fourth-order valence-electron chi connectivity index (χ4n) is 4.92. The number of nitrogens with zero attached hydrogens (tertiary/aromatic N) is 6. The van der Waals surface area contributed by atoms with Crippen molar-refractivity contribution in [2.45, 2.75) is 44.9 Å². The summed E-state index contributed by atoms with van der Waals surface area (Å²) in [7, 11) is 0. The van der Waals surface area contributed by atoms with Crippen LogP contribution in [0.25, 0.3) is 22.8 Å². The van der Waals surface area contributed by atoms with Crippen molar-refractivity contribution in [2.75, 3.05) is 23.7 Å². The molecule has 0 amide bonds. The molecule has 0 aromatic carbocycles. The van der Waals surface area contributed by atoms with Gasteiger partial charge in [0.05, 0.1) is 0 Å². The molecule has 0 aliphatic heterocycles. The average Bonchev–Trinajstić information content (AvgIpc) is 3.59. The van der Waals surface area contributed by atoms with Crippen LogP contribution in [0.2, 0.25) is 0 Å². The third kappa shape index (κ3) is 4.56. The van der Waals surface area contributed by atoms with Crippen LogP contribution in [0.4, 0.5) is 11.6 Å². The predicted octanol–water partition coefficient (Wildman–Crippen LogP) is 4.28. The summed E-state index contributed by atoms with van der Waals surface area (Å²) in [6, 6.07) is 7.85. The van der Waals surface area contributed by atoms with Crippen LogP contribution in [-0.2, 0) is 25.7 Å². The van der Waals surface area contributed by atoms with E-state index in [2.05, 4.69) is 20.6 Å². The highest BCUT2D eigenvalue weighted by Gasteiger charge is 2.21. The summed E-state index contributed by atoms with van der Waals surface area (Å²) in [6.45, 7) is 1.66. The Balaban J connectivity index is 1.12. The molecule has 35 heavy (non-hydrogen) atoms. The van der Waals surface area contributed by atoms with Crippen LogP contribution in [0.3, 0.4) is 0 Å². The maximum absolute atomic E-state index is 4.87. The first-order valence-electron chi connectivity index (χ1n) is 12.4. The average molecular weight is 465 g/mol. The van der Waals surface area contributed by atoms with Crippen molar-refractivity contribution < 1.29 is 0 Å². The lowest BCUT2D eigenvalue weighted by Gasteiger charge is -2.14. The number of pyridine rings is 2. The van der Waals surface area contributed by atoms with Gasteiger partial charge in [0.2, 0.25) is 0 Å². The minimum Gasteiger partial charge on any atom is -0.370 e. The quantitative estimate of drug-likeness (QED) is 0.373. The standard InChI is InChI=1S/C27H28N8/c1-4-20-22(6-1)32-24(18-8-14-28-15-9-18)34-26(20)30-12-3-13-31-27-21-5-2-7-23(21)33-25(35-27)19-10-16-29-17-11-19/h8-11,14-17H,1-7,12-13H2,(H,30,32,34)(H,31,33,35). The van der Waals surface area contributed by atoms with Crippen LogP contribution in [0.15, 0.2) is 49.1 Å². The summed E-state index contributed by atoms with van der Waals surface area (Å²) in [6.07, 6.45) is 14.5. The second-order valence-corrected chi connectivity index (χ2v) is 9.03. The van der Waals surface area contributed by atoms with E-state index in [-0.39, 0.29) is 0 Å². The lowest BCUT2D eigenvalue weighted by atomic mass is 10.2. The molecule has 8 heteroatoms. The van der Waals surface area contributed by atoms with Gasteiger partial charge in [-0.3, -0.25) is 9.97 Å². The third-order valence-corrected chi connectivity index (χ3v) is 6.68. The topological polar surface area (TPSA) is 101 Å². The van der Waals surface area contributed by atoms with E-state index in [0.29, 0.717) is 0 Å². The molecule has 8 nitrogen and oxygen atoms in total. The first-order chi connectivity index (χ1) is 17.3. The third-order valence-electron chi connectivity index (χ3n) is 6.68. The molecule has 0 fully saturated rings. The molecule has 0 atom stereocenters. The fraction of sp³-hybridized carbons (Fsp3) is 0.333. The Hall–Kier alpha value is -3.94. The van der Waals surface area contributed by atoms with E-state index >= 15 is 0 Å². The Bertz CT molecular complexity index is 1220. The van der Waals surface area contributed by atoms with E-state index < -0.39 is 0 Å². The molecular formula is C27H28N8. The maximum atomic E-state index is 4.87. The van der Waals surface area contributed by atoms with Crippen molar-refractivity contribution >= 4 is 11.6 Å². The van der Waals surface area contributed by atoms with Gasteiger partial charge >= 0.3 is 0 Å². The van der Waals surface area contributed by atoms with Gasteiger partial charge < -0.3 is 10.6 Å². The zero-order valence-electron chi connectivity index (χ0n) is 19.7. The van der Waals surface area contributed by atoms with Crippen molar-refractivity contribution in [1.82, 2.24) is 29.9 Å². The molecule has 0 radical (unpaired) electrons. The van der Waals surface area contributed by atoms with Crippen molar-refractivity contribution in [3.63, 3.8) is 0 Å². The van der Waals surface area contributed by atoms with Crippen molar-refractivity contribution in [3.05, 3.63) is 71.6 Å². The lowest BCUT2D eigenvalue weighted by molar-refractivity contribution is 0.883. The first kappa shape index (κ1) is 21.6. The summed E-state index contributed by atoms with van der Waals surface area (Å²) in [5.74, 6) is 3.49. The summed E-state index contributed by atoms with van der Waals surface area (Å²) in [4.78, 5) is 27.6. The molecule has 2 aliphatic carbocycles. The lowest BCUT2D eigenvalue weighted by Crippen LogP contribution is -2.14. The number of nitrogens with one attached hydrogen (secondary N) is 2. The summed E-state index contributed by atoms with van der Waals surface area (Å²) >= 11 is 0. The van der Waals surface area contributed by atoms with Crippen molar-refractivity contribution in [2.24, 2.45) is 0 Å². The van der Waals surface area contributed by atoms with E-state index in [9.17, 15) is 0 Å². The summed E-state index contributed by atoms with van der Waals surface area (Å²) in [5.41, 5.74) is 6.89. The van der Waals surface area contributed by atoms with Gasteiger partial charge in [0.25, 0.3) is 0 Å². The van der Waals surface area contributed by atoms with Gasteiger partial charge in [-0.1, -0.05) is 0 Å². The SMILES string of the molecule is c1cc(-c2nc3c(c(NCCCNc4nc(-c5ccncc5)nc5c4CCC5)n2)CCC3)ccn1. The van der Waals surface area contributed by atoms with E-state index in [1.807, 2.05) is 24.3 Å². The van der Waals surface area contributed by atoms with Gasteiger partial charge in [0.15, 0.2) is 11.6 Å². The molecule has 0 unspecified atom stereocenters. The van der Waals surface area contributed by atoms with Gasteiger partial charge in [0, 0.05) is 71.5 Å². The Morgan fingerprint density at radius 3 is 1.49 bits per heavy atom. The molecule has 2 N–H and O–H groups in total. The van der Waals surface area contributed by atoms with Crippen LogP contribution in [0, 0.1) is 0 Å². The van der Waals surface area contributed by atoms with Gasteiger partial charge in [0.1, 0.15) is 11.6 Å². The summed E-state index contributed by atoms with van der Waals surface area (Å²) in [5, 5.41) is 7.17. The van der Waals surface area contributed by atoms with Crippen LogP contribution in [0.1, 0.15) is 41.8 Å². The van der Waals surface area contributed by atoms with Gasteiger partial charge in [-0.25, -0.2) is 19.9 Å². The molecule has 0 bridgehead atoms. The molecule has 4 heterocycles. The monoisotopic (exact) mass is 464 g/mol. The van der Waals surface area contributed by atoms with E-state index in [0.717, 1.165) is 92.4 Å². The van der Waals surface area contributed by atoms with Crippen LogP contribution >= 0.6 is 0 Å². The zero-order valence-corrected chi connectivity index (χ0v) is 19.7. The van der Waals surface area contributed by atoms with E-state index in [4.69, 9.17) is 19.9 Å². The van der Waals surface area contributed by atoms with E-state index in [1.165, 1.54) is 22.5 Å². The normalized spacial score (nSPS) is 13.9. The Labute approximate surface area is 204 Å². The first-order valence-corrected chi connectivity index (χ1v) is 12.4. The molecule has 0 saturated heterocycles. The minimum atomic E-state index is 0.772. The maximum Gasteiger partial charge on any atom is 0.161 e. The second-order valence-electron chi connectivity index (χ2n) is 9.03. The predicted molar refractivity (Wildman–Crippen MR) is 136 cm³/mol. The number of aromatic nitrogens is 6. The van der Waals surface area contributed by atoms with Gasteiger partial charge in [-0.2, -0.15) is 0 Å². The molecule has 176 valence electrons. The summed E-state index contributed by atoms with van der Waals surface area (Å²) < 4.78 is 0. The highest BCUT2D eigenvalue weighted by atomic mass is 15.1. The van der Waals surface area contributed by atoms with Gasteiger partial charge in [-0.05, 0) is 69.2 Å². The Morgan fingerprint density at radius 1 is 0.571 bits per heavy atom. The van der Waals surface area contributed by atoms with Crippen LogP contribution in [-0.4, -0.2) is 43.0 Å². The molecule has 0 saturated carbocycles. The number of aryl methyl sites for hydroxylation is 2. The molecular weight excluding hydrogens is 436 g/mol. The number of fused-ring (bicyclic) bond motifs is 2. The van der Waals surface area contributed by atoms with Crippen molar-refractivity contribution in [3.8, 4) is 22.8 Å². The fourth-order valence-corrected chi connectivity index (χ4v) is 4.92. The molecule has 2 aliphatic rings. The minimum absolute atomic E-state index is 0.772. The number of hydrogen-bond donors (Lipinski definition) is 2. The zero-order chi connectivity index (χ0) is 23.5. The molecule has 0 spiro atoms. The Morgan fingerprint density at radius 2 is 1.03 bits per heavy atom. The van der Waals surface area contributed by atoms with Crippen molar-refractivity contribution in [1.29, 1.82) is 0 Å². The smallest absolute Gasteiger partial charge is 0.161 e. The van der Waals surface area contributed by atoms with Crippen LogP contribution < -0.4 is 10.6 Å². The highest BCUT2D eigenvalue weighted by Crippen LogP contribution is 2.30. The Kier molecular flexibility index (Phi) is 6.00. The number of anilines is 2.